The van der Waals surface area contributed by atoms with E-state index in [9.17, 15) is 15.0 Å². The van der Waals surface area contributed by atoms with E-state index in [2.05, 4.69) is 14.9 Å². The van der Waals surface area contributed by atoms with Crippen LogP contribution in [0.15, 0.2) is 17.3 Å². The highest BCUT2D eigenvalue weighted by Gasteiger charge is 2.39. The van der Waals surface area contributed by atoms with Gasteiger partial charge in [-0.25, -0.2) is 9.78 Å². The Morgan fingerprint density at radius 1 is 1.43 bits per heavy atom. The van der Waals surface area contributed by atoms with Gasteiger partial charge in [0, 0.05) is 24.9 Å². The normalized spacial score (nSPS) is 24.0. The Balaban J connectivity index is 0.00000192. The van der Waals surface area contributed by atoms with Crippen molar-refractivity contribution in [2.45, 2.75) is 19.9 Å². The van der Waals surface area contributed by atoms with Crippen LogP contribution in [0.2, 0.25) is 0 Å². The van der Waals surface area contributed by atoms with Crippen LogP contribution in [0.3, 0.4) is 0 Å². The van der Waals surface area contributed by atoms with E-state index in [1.807, 2.05) is 0 Å². The lowest BCUT2D eigenvalue weighted by atomic mass is 10.1. The Bertz CT molecular complexity index is 631. The first-order chi connectivity index (χ1) is 10.5. The number of carboxylic acid groups (broad SMARTS) is 1. The fourth-order valence-electron chi connectivity index (χ4n) is 2.33. The predicted octanol–water partition coefficient (Wildman–Crippen LogP) is 1.60. The van der Waals surface area contributed by atoms with Crippen molar-refractivity contribution in [2.24, 2.45) is 4.99 Å². The standard InChI is InChI=1S/C14H17N3O4S.CH4/c1-14(13(19)20)8-22-12(16-14)11-10(18)6-9(7-15-11)17-2-4-21-5-3-17;/h6-7,18H,2-5,8H2,1H3,(H,19,20);1H4/t14-;/m1./s1. The highest BCUT2D eigenvalue weighted by molar-refractivity contribution is 8.14. The highest BCUT2D eigenvalue weighted by atomic mass is 32.2. The second-order valence-corrected chi connectivity index (χ2v) is 6.41. The van der Waals surface area contributed by atoms with Gasteiger partial charge in [0.25, 0.3) is 0 Å². The molecule has 0 amide bonds. The number of thioether (sulfide) groups is 1. The van der Waals surface area contributed by atoms with Crippen LogP contribution in [-0.2, 0) is 9.53 Å². The molecule has 1 atom stereocenters. The van der Waals surface area contributed by atoms with E-state index in [0.29, 0.717) is 29.7 Å². The molecule has 0 radical (unpaired) electrons. The van der Waals surface area contributed by atoms with E-state index in [1.165, 1.54) is 11.8 Å². The number of aromatic nitrogens is 1. The van der Waals surface area contributed by atoms with Crippen molar-refractivity contribution in [3.8, 4) is 5.75 Å². The average Bonchev–Trinajstić information content (AvgIpc) is 2.92. The molecule has 0 bridgehead atoms. The van der Waals surface area contributed by atoms with Crippen molar-refractivity contribution in [2.75, 3.05) is 37.0 Å². The zero-order valence-corrected chi connectivity index (χ0v) is 13.0. The maximum atomic E-state index is 11.2. The zero-order valence-electron chi connectivity index (χ0n) is 12.2. The summed E-state index contributed by atoms with van der Waals surface area (Å²) in [6, 6.07) is 1.65. The highest BCUT2D eigenvalue weighted by Crippen LogP contribution is 2.34. The molecule has 7 nitrogen and oxygen atoms in total. The van der Waals surface area contributed by atoms with Crippen molar-refractivity contribution in [1.82, 2.24) is 4.98 Å². The Morgan fingerprint density at radius 3 is 2.70 bits per heavy atom. The number of carboxylic acids is 1. The number of rotatable bonds is 3. The molecule has 2 aliphatic rings. The van der Waals surface area contributed by atoms with Crippen LogP contribution in [-0.4, -0.2) is 63.8 Å². The monoisotopic (exact) mass is 339 g/mol. The van der Waals surface area contributed by atoms with E-state index < -0.39 is 11.5 Å². The molecule has 0 unspecified atom stereocenters. The van der Waals surface area contributed by atoms with Crippen LogP contribution in [0.25, 0.3) is 0 Å². The van der Waals surface area contributed by atoms with E-state index in [4.69, 9.17) is 4.74 Å². The Morgan fingerprint density at radius 2 is 2.13 bits per heavy atom. The second-order valence-electron chi connectivity index (χ2n) is 5.45. The van der Waals surface area contributed by atoms with Gasteiger partial charge in [-0.1, -0.05) is 7.43 Å². The van der Waals surface area contributed by atoms with Gasteiger partial charge < -0.3 is 19.8 Å². The maximum absolute atomic E-state index is 11.2. The fraction of sp³-hybridized carbons (Fsp3) is 0.533. The van der Waals surface area contributed by atoms with Crippen molar-refractivity contribution < 1.29 is 19.7 Å². The minimum atomic E-state index is -1.16. The van der Waals surface area contributed by atoms with Gasteiger partial charge in [-0.2, -0.15) is 0 Å². The molecule has 3 rings (SSSR count). The summed E-state index contributed by atoms with van der Waals surface area (Å²) >= 11 is 1.30. The van der Waals surface area contributed by atoms with E-state index in [0.717, 1.165) is 18.8 Å². The van der Waals surface area contributed by atoms with Crippen molar-refractivity contribution >= 4 is 28.5 Å². The Kier molecular flexibility index (Phi) is 5.16. The number of hydrogen-bond donors (Lipinski definition) is 2. The number of aromatic hydroxyl groups is 1. The number of morpholine rings is 1. The molecule has 3 heterocycles. The van der Waals surface area contributed by atoms with Crippen LogP contribution in [0.4, 0.5) is 5.69 Å². The molecule has 126 valence electrons. The summed E-state index contributed by atoms with van der Waals surface area (Å²) in [6.45, 7) is 4.39. The van der Waals surface area contributed by atoms with Gasteiger partial charge in [-0.3, -0.25) is 4.99 Å². The number of aliphatic carboxylic acids is 1. The van der Waals surface area contributed by atoms with Gasteiger partial charge in [0.15, 0.2) is 5.54 Å². The molecule has 2 aliphatic heterocycles. The lowest BCUT2D eigenvalue weighted by Gasteiger charge is -2.28. The minimum absolute atomic E-state index is 0. The molecular formula is C15H21N3O4S. The van der Waals surface area contributed by atoms with Crippen LogP contribution in [0, 0.1) is 0 Å². The number of hydrogen-bond acceptors (Lipinski definition) is 7. The van der Waals surface area contributed by atoms with Gasteiger partial charge >= 0.3 is 5.97 Å². The molecule has 0 aromatic carbocycles. The number of nitrogens with zero attached hydrogens (tertiary/aromatic N) is 3. The molecule has 8 heteroatoms. The van der Waals surface area contributed by atoms with Crippen LogP contribution >= 0.6 is 11.8 Å². The van der Waals surface area contributed by atoms with Gasteiger partial charge in [0.05, 0.1) is 25.1 Å². The first kappa shape index (κ1) is 17.6. The number of ether oxygens (including phenoxy) is 1. The van der Waals surface area contributed by atoms with E-state index in [-0.39, 0.29) is 13.2 Å². The molecule has 0 spiro atoms. The smallest absolute Gasteiger partial charge is 0.332 e. The van der Waals surface area contributed by atoms with Crippen molar-refractivity contribution in [3.63, 3.8) is 0 Å². The number of pyridine rings is 1. The molecule has 23 heavy (non-hydrogen) atoms. The largest absolute Gasteiger partial charge is 0.506 e. The quantitative estimate of drug-likeness (QED) is 0.863. The summed E-state index contributed by atoms with van der Waals surface area (Å²) in [5, 5.41) is 19.9. The van der Waals surface area contributed by atoms with E-state index in [1.54, 1.807) is 19.2 Å². The molecule has 1 aromatic rings. The summed E-state index contributed by atoms with van der Waals surface area (Å²) in [5.41, 5.74) is 0.0120. The number of carbonyl (C=O) groups is 1. The third-order valence-corrected chi connectivity index (χ3v) is 5.00. The van der Waals surface area contributed by atoms with E-state index >= 15 is 0 Å². The van der Waals surface area contributed by atoms with Gasteiger partial charge in [0.1, 0.15) is 16.5 Å². The number of anilines is 1. The molecule has 1 fully saturated rings. The predicted molar refractivity (Wildman–Crippen MR) is 90.7 cm³/mol. The molecule has 2 N–H and O–H groups in total. The third kappa shape index (κ3) is 3.42. The summed E-state index contributed by atoms with van der Waals surface area (Å²) in [6.07, 6.45) is 1.68. The zero-order chi connectivity index (χ0) is 15.7. The van der Waals surface area contributed by atoms with Gasteiger partial charge in [-0.05, 0) is 6.92 Å². The van der Waals surface area contributed by atoms with Crippen LogP contribution in [0.5, 0.6) is 5.75 Å². The van der Waals surface area contributed by atoms with Gasteiger partial charge in [-0.15, -0.1) is 11.8 Å². The molecule has 0 saturated carbocycles. The summed E-state index contributed by atoms with van der Waals surface area (Å²) in [7, 11) is 0. The average molecular weight is 339 g/mol. The lowest BCUT2D eigenvalue weighted by Crippen LogP contribution is -2.36. The van der Waals surface area contributed by atoms with Crippen LogP contribution in [0.1, 0.15) is 20.0 Å². The fourth-order valence-corrected chi connectivity index (χ4v) is 3.50. The maximum Gasteiger partial charge on any atom is 0.332 e. The summed E-state index contributed by atoms with van der Waals surface area (Å²) in [5.74, 6) is -0.617. The summed E-state index contributed by atoms with van der Waals surface area (Å²) < 4.78 is 5.30. The Labute approximate surface area is 139 Å². The minimum Gasteiger partial charge on any atom is -0.506 e. The summed E-state index contributed by atoms with van der Waals surface area (Å²) in [4.78, 5) is 21.8. The second kappa shape index (κ2) is 6.76. The Hall–Kier alpha value is -1.80. The van der Waals surface area contributed by atoms with Crippen molar-refractivity contribution in [3.05, 3.63) is 18.0 Å². The number of aliphatic imine (C=N–C) groups is 1. The van der Waals surface area contributed by atoms with Crippen molar-refractivity contribution in [1.29, 1.82) is 0 Å². The molecule has 1 aromatic heterocycles. The molecule has 1 saturated heterocycles. The first-order valence-corrected chi connectivity index (χ1v) is 7.96. The molecule has 0 aliphatic carbocycles. The van der Waals surface area contributed by atoms with Gasteiger partial charge in [0.2, 0.25) is 0 Å². The lowest BCUT2D eigenvalue weighted by molar-refractivity contribution is -0.141. The third-order valence-electron chi connectivity index (χ3n) is 3.73. The molecular weight excluding hydrogens is 318 g/mol. The SMILES string of the molecule is C.C[C@]1(C(=O)O)CSC(c2ncc(N3CCOCC3)cc2O)=N1. The topological polar surface area (TPSA) is 95.2 Å². The first-order valence-electron chi connectivity index (χ1n) is 6.98. The van der Waals surface area contributed by atoms with Crippen LogP contribution < -0.4 is 4.90 Å².